The number of piperidine rings is 1. The van der Waals surface area contributed by atoms with Crippen molar-refractivity contribution in [3.8, 4) is 5.75 Å². The van der Waals surface area contributed by atoms with Crippen LogP contribution in [0.5, 0.6) is 5.75 Å². The van der Waals surface area contributed by atoms with Crippen LogP contribution < -0.4 is 10.1 Å². The van der Waals surface area contributed by atoms with Crippen LogP contribution in [-0.2, 0) is 13.6 Å². The van der Waals surface area contributed by atoms with Gasteiger partial charge < -0.3 is 10.1 Å². The van der Waals surface area contributed by atoms with Gasteiger partial charge in [-0.25, -0.2) is 0 Å². The Morgan fingerprint density at radius 3 is 2.54 bits per heavy atom. The molecule has 0 bridgehead atoms. The highest BCUT2D eigenvalue weighted by Crippen LogP contribution is 2.26. The molecule has 0 amide bonds. The Morgan fingerprint density at radius 1 is 1.17 bits per heavy atom. The van der Waals surface area contributed by atoms with Crippen LogP contribution in [0, 0.1) is 0 Å². The fourth-order valence-electron chi connectivity index (χ4n) is 3.43. The number of ether oxygens (including phenoxy) is 1. The van der Waals surface area contributed by atoms with Crippen molar-refractivity contribution in [3.05, 3.63) is 47.8 Å². The highest BCUT2D eigenvalue weighted by atomic mass is 16.5. The third-order valence-corrected chi connectivity index (χ3v) is 4.76. The van der Waals surface area contributed by atoms with E-state index in [0.717, 1.165) is 18.8 Å². The standard InChI is InChI=1S/C19H28N4O/c1-22-15-16(13-21-22)12-20-14-19(23-10-4-3-5-11-23)17-6-8-18(24-2)9-7-17/h6-9,13,15,19-20H,3-5,10-12,14H2,1-2H3. The molecule has 5 nitrogen and oxygen atoms in total. The minimum absolute atomic E-state index is 0.410. The SMILES string of the molecule is COc1ccc(C(CNCc2cnn(C)c2)N2CCCCC2)cc1. The molecule has 0 radical (unpaired) electrons. The van der Waals surface area contributed by atoms with Gasteiger partial charge >= 0.3 is 0 Å². The van der Waals surface area contributed by atoms with E-state index in [4.69, 9.17) is 4.74 Å². The van der Waals surface area contributed by atoms with Gasteiger partial charge in [-0.15, -0.1) is 0 Å². The summed E-state index contributed by atoms with van der Waals surface area (Å²) in [6.07, 6.45) is 7.95. The van der Waals surface area contributed by atoms with E-state index >= 15 is 0 Å². The van der Waals surface area contributed by atoms with E-state index in [9.17, 15) is 0 Å². The van der Waals surface area contributed by atoms with Gasteiger partial charge in [0, 0.05) is 37.9 Å². The van der Waals surface area contributed by atoms with Crippen LogP contribution in [-0.4, -0.2) is 41.4 Å². The van der Waals surface area contributed by atoms with Crippen LogP contribution in [0.1, 0.15) is 36.4 Å². The number of methoxy groups -OCH3 is 1. The second-order valence-corrected chi connectivity index (χ2v) is 6.54. The van der Waals surface area contributed by atoms with Gasteiger partial charge in [0.15, 0.2) is 0 Å². The normalized spacial score (nSPS) is 16.9. The number of benzene rings is 1. The topological polar surface area (TPSA) is 42.3 Å². The summed E-state index contributed by atoms with van der Waals surface area (Å²) >= 11 is 0. The van der Waals surface area contributed by atoms with Gasteiger partial charge in [-0.3, -0.25) is 9.58 Å². The summed E-state index contributed by atoms with van der Waals surface area (Å²) in [7, 11) is 3.67. The zero-order valence-electron chi connectivity index (χ0n) is 14.7. The largest absolute Gasteiger partial charge is 0.497 e. The van der Waals surface area contributed by atoms with Crippen molar-refractivity contribution in [1.82, 2.24) is 20.0 Å². The van der Waals surface area contributed by atoms with Crippen molar-refractivity contribution >= 4 is 0 Å². The van der Waals surface area contributed by atoms with Crippen molar-refractivity contribution in [3.63, 3.8) is 0 Å². The van der Waals surface area contributed by atoms with E-state index in [0.29, 0.717) is 6.04 Å². The third kappa shape index (κ3) is 4.36. The monoisotopic (exact) mass is 328 g/mol. The lowest BCUT2D eigenvalue weighted by molar-refractivity contribution is 0.160. The number of aromatic nitrogens is 2. The molecule has 1 aliphatic rings. The molecule has 1 fully saturated rings. The number of likely N-dealkylation sites (tertiary alicyclic amines) is 1. The van der Waals surface area contributed by atoms with E-state index in [1.807, 2.05) is 17.9 Å². The molecule has 2 heterocycles. The van der Waals surface area contributed by atoms with Gasteiger partial charge in [0.1, 0.15) is 5.75 Å². The van der Waals surface area contributed by atoms with E-state index in [2.05, 4.69) is 45.8 Å². The predicted octanol–water partition coefficient (Wildman–Crippen LogP) is 2.75. The lowest BCUT2D eigenvalue weighted by Gasteiger charge is -2.35. The Kier molecular flexibility index (Phi) is 5.88. The average Bonchev–Trinajstić information content (AvgIpc) is 3.05. The molecule has 1 N–H and O–H groups in total. The quantitative estimate of drug-likeness (QED) is 0.849. The highest BCUT2D eigenvalue weighted by Gasteiger charge is 2.22. The summed E-state index contributed by atoms with van der Waals surface area (Å²) in [5.74, 6) is 0.916. The molecule has 1 atom stereocenters. The lowest BCUT2D eigenvalue weighted by Crippen LogP contribution is -2.39. The molecule has 1 aromatic heterocycles. The summed E-state index contributed by atoms with van der Waals surface area (Å²) in [5, 5.41) is 7.85. The van der Waals surface area contributed by atoms with Gasteiger partial charge in [-0.1, -0.05) is 18.6 Å². The Labute approximate surface area is 144 Å². The maximum absolute atomic E-state index is 5.30. The van der Waals surface area contributed by atoms with Crippen molar-refractivity contribution in [2.45, 2.75) is 31.8 Å². The highest BCUT2D eigenvalue weighted by molar-refractivity contribution is 5.29. The smallest absolute Gasteiger partial charge is 0.118 e. The first-order valence-electron chi connectivity index (χ1n) is 8.82. The molecule has 0 saturated carbocycles. The minimum atomic E-state index is 0.410. The maximum atomic E-state index is 5.30. The molecule has 130 valence electrons. The summed E-state index contributed by atoms with van der Waals surface area (Å²) in [6, 6.07) is 8.93. The third-order valence-electron chi connectivity index (χ3n) is 4.76. The van der Waals surface area contributed by atoms with Gasteiger partial charge in [-0.2, -0.15) is 5.10 Å². The zero-order valence-corrected chi connectivity index (χ0v) is 14.7. The van der Waals surface area contributed by atoms with E-state index in [1.54, 1.807) is 7.11 Å². The Hall–Kier alpha value is -1.85. The van der Waals surface area contributed by atoms with Gasteiger partial charge in [0.25, 0.3) is 0 Å². The number of rotatable bonds is 7. The fraction of sp³-hybridized carbons (Fsp3) is 0.526. The molecule has 2 aromatic rings. The summed E-state index contributed by atoms with van der Waals surface area (Å²) in [5.41, 5.74) is 2.58. The second-order valence-electron chi connectivity index (χ2n) is 6.54. The Morgan fingerprint density at radius 2 is 1.92 bits per heavy atom. The van der Waals surface area contributed by atoms with Crippen LogP contribution in [0.25, 0.3) is 0 Å². The first-order valence-corrected chi connectivity index (χ1v) is 8.82. The van der Waals surface area contributed by atoms with Crippen LogP contribution in [0.15, 0.2) is 36.7 Å². The van der Waals surface area contributed by atoms with Crippen LogP contribution >= 0.6 is 0 Å². The summed E-state index contributed by atoms with van der Waals surface area (Å²) in [6.45, 7) is 4.17. The molecule has 1 aromatic carbocycles. The number of nitrogens with zero attached hydrogens (tertiary/aromatic N) is 3. The molecule has 1 unspecified atom stereocenters. The number of hydrogen-bond donors (Lipinski definition) is 1. The molecule has 5 heteroatoms. The molecule has 0 spiro atoms. The lowest BCUT2D eigenvalue weighted by atomic mass is 10.0. The van der Waals surface area contributed by atoms with Crippen LogP contribution in [0.4, 0.5) is 0 Å². The van der Waals surface area contributed by atoms with Crippen LogP contribution in [0.3, 0.4) is 0 Å². The molecule has 1 aliphatic heterocycles. The van der Waals surface area contributed by atoms with Crippen LogP contribution in [0.2, 0.25) is 0 Å². The molecule has 0 aliphatic carbocycles. The fourth-order valence-corrected chi connectivity index (χ4v) is 3.43. The molecule has 1 saturated heterocycles. The van der Waals surface area contributed by atoms with Gasteiger partial charge in [0.2, 0.25) is 0 Å². The van der Waals surface area contributed by atoms with E-state index < -0.39 is 0 Å². The van der Waals surface area contributed by atoms with Gasteiger partial charge in [0.05, 0.1) is 13.3 Å². The molecular weight excluding hydrogens is 300 g/mol. The predicted molar refractivity (Wildman–Crippen MR) is 96.1 cm³/mol. The minimum Gasteiger partial charge on any atom is -0.497 e. The summed E-state index contributed by atoms with van der Waals surface area (Å²) in [4.78, 5) is 2.61. The maximum Gasteiger partial charge on any atom is 0.118 e. The van der Waals surface area contributed by atoms with Crippen molar-refractivity contribution < 1.29 is 4.74 Å². The van der Waals surface area contributed by atoms with E-state index in [-0.39, 0.29) is 0 Å². The Bertz CT molecular complexity index is 617. The molecular formula is C19H28N4O. The van der Waals surface area contributed by atoms with Crippen molar-refractivity contribution in [2.24, 2.45) is 7.05 Å². The number of hydrogen-bond acceptors (Lipinski definition) is 4. The second kappa shape index (κ2) is 8.31. The average molecular weight is 328 g/mol. The molecule has 3 rings (SSSR count). The van der Waals surface area contributed by atoms with Crippen molar-refractivity contribution in [1.29, 1.82) is 0 Å². The summed E-state index contributed by atoms with van der Waals surface area (Å²) < 4.78 is 7.15. The van der Waals surface area contributed by atoms with Crippen molar-refractivity contribution in [2.75, 3.05) is 26.7 Å². The number of nitrogens with one attached hydrogen (secondary N) is 1. The zero-order chi connectivity index (χ0) is 16.8. The first-order chi connectivity index (χ1) is 11.8. The van der Waals surface area contributed by atoms with E-state index in [1.165, 1.54) is 43.5 Å². The number of aryl methyl sites for hydroxylation is 1. The Balaban J connectivity index is 1.66. The first kappa shape index (κ1) is 17.0. The van der Waals surface area contributed by atoms with Gasteiger partial charge in [-0.05, 0) is 43.6 Å². The molecule has 24 heavy (non-hydrogen) atoms.